The topological polar surface area (TPSA) is 60.9 Å². The van der Waals surface area contributed by atoms with E-state index in [1.807, 2.05) is 0 Å². The van der Waals surface area contributed by atoms with Crippen LogP contribution in [0.3, 0.4) is 0 Å². The number of carbonyl (C=O) groups excluding carboxylic acids is 1. The third-order valence-electron chi connectivity index (χ3n) is 2.99. The number of rotatable bonds is 2. The van der Waals surface area contributed by atoms with Crippen LogP contribution in [0.2, 0.25) is 0 Å². The highest BCUT2D eigenvalue weighted by Gasteiger charge is 2.24. The van der Waals surface area contributed by atoms with Crippen molar-refractivity contribution >= 4 is 33.5 Å². The van der Waals surface area contributed by atoms with E-state index >= 15 is 0 Å². The molecule has 0 saturated carbocycles. The summed E-state index contributed by atoms with van der Waals surface area (Å²) in [6.45, 7) is 1.45. The monoisotopic (exact) mass is 312 g/mol. The van der Waals surface area contributed by atoms with E-state index in [2.05, 4.69) is 15.9 Å². The van der Waals surface area contributed by atoms with Gasteiger partial charge >= 0.3 is 5.97 Å². The molecule has 0 aliphatic carbocycles. The second-order valence-electron chi connectivity index (χ2n) is 4.20. The second kappa shape index (κ2) is 4.97. The Morgan fingerprint density at radius 3 is 2.72 bits per heavy atom. The number of carboxylic acid groups (broad SMARTS) is 1. The summed E-state index contributed by atoms with van der Waals surface area (Å²) in [5.74, 6) is -0.985. The molecule has 1 aromatic carbocycles. The minimum absolute atomic E-state index is 0.00226. The lowest BCUT2D eigenvalue weighted by atomic mass is 10.1. The standard InChI is InChI=1S/C12H13BrN2O3/c1-14-4-5-15(7-11(14)16)10-6-8(13)2-3-9(10)12(17)18/h2-3,6H,4-5,7H2,1H3,(H,17,18). The predicted molar refractivity (Wildman–Crippen MR) is 71.0 cm³/mol. The zero-order chi connectivity index (χ0) is 13.3. The summed E-state index contributed by atoms with van der Waals surface area (Å²) in [7, 11) is 1.75. The maximum Gasteiger partial charge on any atom is 0.337 e. The van der Waals surface area contributed by atoms with E-state index in [1.165, 1.54) is 0 Å². The van der Waals surface area contributed by atoms with Gasteiger partial charge in [0.15, 0.2) is 0 Å². The quantitative estimate of drug-likeness (QED) is 0.897. The number of piperazine rings is 1. The number of aromatic carboxylic acids is 1. The number of benzene rings is 1. The van der Waals surface area contributed by atoms with Gasteiger partial charge in [-0.25, -0.2) is 4.79 Å². The fourth-order valence-corrected chi connectivity index (χ4v) is 2.26. The first kappa shape index (κ1) is 12.9. The number of amides is 1. The van der Waals surface area contributed by atoms with E-state index < -0.39 is 5.97 Å². The first-order valence-electron chi connectivity index (χ1n) is 5.51. The van der Waals surface area contributed by atoms with Crippen molar-refractivity contribution in [1.29, 1.82) is 0 Å². The minimum Gasteiger partial charge on any atom is -0.478 e. The molecule has 1 aliphatic rings. The maximum atomic E-state index is 11.7. The van der Waals surface area contributed by atoms with Crippen LogP contribution in [-0.2, 0) is 4.79 Å². The molecule has 1 aromatic rings. The molecule has 0 aromatic heterocycles. The fraction of sp³-hybridized carbons (Fsp3) is 0.333. The number of nitrogens with zero attached hydrogens (tertiary/aromatic N) is 2. The van der Waals surface area contributed by atoms with Crippen LogP contribution in [0, 0.1) is 0 Å². The van der Waals surface area contributed by atoms with Gasteiger partial charge in [-0.15, -0.1) is 0 Å². The largest absolute Gasteiger partial charge is 0.478 e. The molecule has 1 heterocycles. The van der Waals surface area contributed by atoms with Gasteiger partial charge in [0.1, 0.15) is 0 Å². The van der Waals surface area contributed by atoms with Crippen molar-refractivity contribution < 1.29 is 14.7 Å². The number of hydrogen-bond acceptors (Lipinski definition) is 3. The molecule has 96 valence electrons. The van der Waals surface area contributed by atoms with E-state index in [4.69, 9.17) is 5.11 Å². The lowest BCUT2D eigenvalue weighted by Gasteiger charge is -2.34. The Kier molecular flexibility index (Phi) is 3.56. The van der Waals surface area contributed by atoms with Crippen molar-refractivity contribution in [3.05, 3.63) is 28.2 Å². The molecule has 0 radical (unpaired) electrons. The summed E-state index contributed by atoms with van der Waals surface area (Å²) in [5.41, 5.74) is 0.800. The smallest absolute Gasteiger partial charge is 0.337 e. The Balaban J connectivity index is 2.35. The van der Waals surface area contributed by atoms with E-state index in [0.29, 0.717) is 18.8 Å². The molecule has 0 unspecified atom stereocenters. The Bertz CT molecular complexity index is 504. The van der Waals surface area contributed by atoms with Crippen molar-refractivity contribution in [2.45, 2.75) is 0 Å². The van der Waals surface area contributed by atoms with Crippen LogP contribution in [-0.4, -0.2) is 48.6 Å². The molecule has 1 N–H and O–H groups in total. The van der Waals surface area contributed by atoms with Gasteiger partial charge in [-0.2, -0.15) is 0 Å². The first-order valence-corrected chi connectivity index (χ1v) is 6.30. The highest BCUT2D eigenvalue weighted by atomic mass is 79.9. The van der Waals surface area contributed by atoms with Crippen molar-refractivity contribution in [1.82, 2.24) is 4.90 Å². The molecule has 0 spiro atoms. The molecule has 1 fully saturated rings. The Morgan fingerprint density at radius 1 is 1.39 bits per heavy atom. The molecule has 0 atom stereocenters. The molecule has 1 amide bonds. The molecule has 0 bridgehead atoms. The summed E-state index contributed by atoms with van der Waals surface area (Å²) < 4.78 is 0.800. The van der Waals surface area contributed by atoms with Crippen molar-refractivity contribution in [3.63, 3.8) is 0 Å². The predicted octanol–water partition coefficient (Wildman–Crippen LogP) is 1.43. The van der Waals surface area contributed by atoms with Crippen molar-refractivity contribution in [3.8, 4) is 0 Å². The highest BCUT2D eigenvalue weighted by Crippen LogP contribution is 2.26. The van der Waals surface area contributed by atoms with Crippen molar-refractivity contribution in [2.75, 3.05) is 31.6 Å². The van der Waals surface area contributed by atoms with Gasteiger partial charge < -0.3 is 14.9 Å². The van der Waals surface area contributed by atoms with Crippen LogP contribution in [0.5, 0.6) is 0 Å². The van der Waals surface area contributed by atoms with Gasteiger partial charge in [0.2, 0.25) is 5.91 Å². The molecule has 2 rings (SSSR count). The normalized spacial score (nSPS) is 16.0. The lowest BCUT2D eigenvalue weighted by Crippen LogP contribution is -2.49. The van der Waals surface area contributed by atoms with Crippen LogP contribution in [0.15, 0.2) is 22.7 Å². The van der Waals surface area contributed by atoms with Crippen LogP contribution in [0.1, 0.15) is 10.4 Å². The number of halogens is 1. The third-order valence-corrected chi connectivity index (χ3v) is 3.48. The molecular weight excluding hydrogens is 300 g/mol. The number of carboxylic acids is 1. The van der Waals surface area contributed by atoms with E-state index in [-0.39, 0.29) is 18.0 Å². The Hall–Kier alpha value is -1.56. The summed E-state index contributed by atoms with van der Waals surface area (Å²) in [6, 6.07) is 4.97. The third kappa shape index (κ3) is 2.48. The fourth-order valence-electron chi connectivity index (χ4n) is 1.91. The zero-order valence-corrected chi connectivity index (χ0v) is 11.5. The summed E-state index contributed by atoms with van der Waals surface area (Å²) in [6.07, 6.45) is 0. The maximum absolute atomic E-state index is 11.7. The van der Waals surface area contributed by atoms with E-state index in [9.17, 15) is 9.59 Å². The molecule has 6 heteroatoms. The van der Waals surface area contributed by atoms with E-state index in [1.54, 1.807) is 35.0 Å². The number of anilines is 1. The van der Waals surface area contributed by atoms with Crippen molar-refractivity contribution in [2.24, 2.45) is 0 Å². The molecular formula is C12H13BrN2O3. The second-order valence-corrected chi connectivity index (χ2v) is 5.12. The van der Waals surface area contributed by atoms with Crippen LogP contribution in [0.25, 0.3) is 0 Å². The van der Waals surface area contributed by atoms with Gasteiger partial charge in [-0.1, -0.05) is 15.9 Å². The average Bonchev–Trinajstić information content (AvgIpc) is 2.32. The summed E-state index contributed by atoms with van der Waals surface area (Å²) in [4.78, 5) is 26.3. The highest BCUT2D eigenvalue weighted by molar-refractivity contribution is 9.10. The zero-order valence-electron chi connectivity index (χ0n) is 9.89. The number of hydrogen-bond donors (Lipinski definition) is 1. The molecule has 5 nitrogen and oxygen atoms in total. The molecule has 1 saturated heterocycles. The molecule has 18 heavy (non-hydrogen) atoms. The van der Waals surface area contributed by atoms with E-state index in [0.717, 1.165) is 4.47 Å². The van der Waals surface area contributed by atoms with Crippen LogP contribution in [0.4, 0.5) is 5.69 Å². The Morgan fingerprint density at radius 2 is 2.11 bits per heavy atom. The van der Waals surface area contributed by atoms with Crippen LogP contribution >= 0.6 is 15.9 Å². The van der Waals surface area contributed by atoms with Gasteiger partial charge in [0.25, 0.3) is 0 Å². The summed E-state index contributed by atoms with van der Waals surface area (Å²) in [5, 5.41) is 9.17. The SMILES string of the molecule is CN1CCN(c2cc(Br)ccc2C(=O)O)CC1=O. The van der Waals surface area contributed by atoms with Gasteiger partial charge in [-0.05, 0) is 18.2 Å². The summed E-state index contributed by atoms with van der Waals surface area (Å²) >= 11 is 3.32. The van der Waals surface area contributed by atoms with Crippen LogP contribution < -0.4 is 4.90 Å². The minimum atomic E-state index is -0.983. The van der Waals surface area contributed by atoms with Gasteiger partial charge in [0, 0.05) is 24.6 Å². The number of likely N-dealkylation sites (N-methyl/N-ethyl adjacent to an activating group) is 1. The first-order chi connectivity index (χ1) is 8.49. The molecule has 1 aliphatic heterocycles. The average molecular weight is 313 g/mol. The van der Waals surface area contributed by atoms with Gasteiger partial charge in [-0.3, -0.25) is 4.79 Å². The number of carbonyl (C=O) groups is 2. The lowest BCUT2D eigenvalue weighted by molar-refractivity contribution is -0.129. The Labute approximate surface area is 113 Å². The van der Waals surface area contributed by atoms with Gasteiger partial charge in [0.05, 0.1) is 17.8 Å².